The molecular weight excluding hydrogens is 496 g/mol. The van der Waals surface area contributed by atoms with E-state index in [0.717, 1.165) is 28.5 Å². The fraction of sp³-hybridized carbons (Fsp3) is 0.207. The second-order valence-corrected chi connectivity index (χ2v) is 9.63. The molecule has 194 valence electrons. The summed E-state index contributed by atoms with van der Waals surface area (Å²) < 4.78 is 7.11. The van der Waals surface area contributed by atoms with Crippen molar-refractivity contribution in [1.82, 2.24) is 14.9 Å². The number of aromatic nitrogens is 2. The average Bonchev–Trinajstić information content (AvgIpc) is 3.54. The first-order valence-corrected chi connectivity index (χ1v) is 12.7. The van der Waals surface area contributed by atoms with Crippen molar-refractivity contribution in [3.8, 4) is 5.69 Å². The van der Waals surface area contributed by atoms with Crippen LogP contribution in [-0.2, 0) is 9.53 Å². The van der Waals surface area contributed by atoms with Gasteiger partial charge in [0.25, 0.3) is 0 Å². The molecule has 0 spiro atoms. The predicted octanol–water partition coefficient (Wildman–Crippen LogP) is 4.70. The lowest BCUT2D eigenvalue weighted by Crippen LogP contribution is -2.30. The number of pyridine rings is 1. The first-order valence-electron chi connectivity index (χ1n) is 12.3. The van der Waals surface area contributed by atoms with Crippen molar-refractivity contribution in [2.45, 2.75) is 12.1 Å². The Hall–Kier alpha value is -4.21. The van der Waals surface area contributed by atoms with E-state index in [1.54, 1.807) is 6.20 Å². The van der Waals surface area contributed by atoms with Crippen LogP contribution in [0.2, 0.25) is 0 Å². The fourth-order valence-corrected chi connectivity index (χ4v) is 5.09. The number of amides is 1. The average molecular weight is 527 g/mol. The quantitative estimate of drug-likeness (QED) is 0.323. The summed E-state index contributed by atoms with van der Waals surface area (Å²) in [6, 6.07) is 25.9. The van der Waals surface area contributed by atoms with Gasteiger partial charge in [0.1, 0.15) is 12.6 Å². The van der Waals surface area contributed by atoms with Crippen molar-refractivity contribution < 1.29 is 9.53 Å². The van der Waals surface area contributed by atoms with Crippen molar-refractivity contribution in [1.29, 1.82) is 0 Å². The van der Waals surface area contributed by atoms with Crippen LogP contribution in [-0.4, -0.2) is 48.4 Å². The number of rotatable bonds is 8. The molecule has 1 aliphatic heterocycles. The molecule has 38 heavy (non-hydrogen) atoms. The van der Waals surface area contributed by atoms with Crippen molar-refractivity contribution >= 4 is 40.3 Å². The molecule has 1 aliphatic rings. The molecule has 1 fully saturated rings. The molecule has 0 aliphatic carbocycles. The van der Waals surface area contributed by atoms with Gasteiger partial charge in [0.15, 0.2) is 5.11 Å². The summed E-state index contributed by atoms with van der Waals surface area (Å²) in [6.45, 7) is 0.00221. The van der Waals surface area contributed by atoms with Crippen molar-refractivity contribution in [2.75, 3.05) is 42.9 Å². The molecule has 2 aromatic heterocycles. The molecule has 2 aromatic carbocycles. The summed E-state index contributed by atoms with van der Waals surface area (Å²) in [5.41, 5.74) is 5.77. The Morgan fingerprint density at radius 3 is 2.42 bits per heavy atom. The number of anilines is 3. The maximum atomic E-state index is 12.0. The molecule has 3 heterocycles. The lowest BCUT2D eigenvalue weighted by atomic mass is 10.0. The second kappa shape index (κ2) is 11.0. The SMILES string of the molecule is COCC(=O)Nc1ccc(N2C(=S)N[C@@H](c3ccccn3)[C@@H]2c2cccn2-c2ccc(N(C)C)cc2)cc1. The van der Waals surface area contributed by atoms with Crippen LogP contribution in [0.1, 0.15) is 23.5 Å². The van der Waals surface area contributed by atoms with Crippen LogP contribution in [0.15, 0.2) is 91.3 Å². The van der Waals surface area contributed by atoms with Gasteiger partial charge in [-0.2, -0.15) is 0 Å². The third-order valence-corrected chi connectivity index (χ3v) is 6.84. The van der Waals surface area contributed by atoms with Gasteiger partial charge in [-0.15, -0.1) is 0 Å². The minimum absolute atomic E-state index is 0.00221. The van der Waals surface area contributed by atoms with Crippen molar-refractivity contribution in [3.05, 3.63) is 103 Å². The zero-order valence-electron chi connectivity index (χ0n) is 21.5. The number of nitrogens with zero attached hydrogens (tertiary/aromatic N) is 4. The largest absolute Gasteiger partial charge is 0.378 e. The van der Waals surface area contributed by atoms with Gasteiger partial charge in [-0.25, -0.2) is 0 Å². The van der Waals surface area contributed by atoms with Crippen LogP contribution in [0.5, 0.6) is 0 Å². The molecule has 2 atom stereocenters. The van der Waals surface area contributed by atoms with E-state index in [1.165, 1.54) is 7.11 Å². The molecular formula is C29H30N6O2S. The molecule has 2 N–H and O–H groups in total. The Balaban J connectivity index is 1.54. The van der Waals surface area contributed by atoms with Crippen LogP contribution in [0.25, 0.3) is 5.69 Å². The van der Waals surface area contributed by atoms with Gasteiger partial charge < -0.3 is 29.7 Å². The van der Waals surface area contributed by atoms with Crippen LogP contribution >= 0.6 is 12.2 Å². The van der Waals surface area contributed by atoms with E-state index in [-0.39, 0.29) is 24.6 Å². The third-order valence-electron chi connectivity index (χ3n) is 6.53. The number of carbonyl (C=O) groups excluding carboxylic acids is 1. The highest BCUT2D eigenvalue weighted by atomic mass is 32.1. The minimum atomic E-state index is -0.204. The van der Waals surface area contributed by atoms with E-state index in [0.29, 0.717) is 10.8 Å². The topological polar surface area (TPSA) is 74.7 Å². The van der Waals surface area contributed by atoms with Crippen LogP contribution < -0.4 is 20.4 Å². The maximum Gasteiger partial charge on any atom is 0.250 e. The molecule has 9 heteroatoms. The van der Waals surface area contributed by atoms with Gasteiger partial charge in [0.2, 0.25) is 5.91 Å². The normalized spacial score (nSPS) is 16.8. The standard InChI is InChI=1S/C29H30N6O2S/c1-33(2)21-13-15-22(16-14-21)34-18-6-8-25(34)28-27(24-7-4-5-17-30-24)32-29(38)35(28)23-11-9-20(10-12-23)31-26(36)19-37-3/h4-18,27-28H,19H2,1-3H3,(H,31,36)(H,32,38)/t27-,28-/m0/s1. The lowest BCUT2D eigenvalue weighted by molar-refractivity contribution is -0.119. The second-order valence-electron chi connectivity index (χ2n) is 9.24. The number of methoxy groups -OCH3 is 1. The summed E-state index contributed by atoms with van der Waals surface area (Å²) in [4.78, 5) is 20.8. The Kier molecular flexibility index (Phi) is 7.39. The van der Waals surface area contributed by atoms with Gasteiger partial charge >= 0.3 is 0 Å². The fourth-order valence-electron chi connectivity index (χ4n) is 4.75. The van der Waals surface area contributed by atoms with E-state index in [4.69, 9.17) is 17.0 Å². The summed E-state index contributed by atoms with van der Waals surface area (Å²) in [6.07, 6.45) is 3.87. The zero-order chi connectivity index (χ0) is 26.6. The first kappa shape index (κ1) is 25.4. The van der Waals surface area contributed by atoms with Crippen molar-refractivity contribution in [3.63, 3.8) is 0 Å². The van der Waals surface area contributed by atoms with Gasteiger partial charge in [0.05, 0.1) is 11.7 Å². The number of hydrogen-bond donors (Lipinski definition) is 2. The van der Waals surface area contributed by atoms with Crippen LogP contribution in [0.4, 0.5) is 17.1 Å². The summed E-state index contributed by atoms with van der Waals surface area (Å²) in [5, 5.41) is 6.96. The molecule has 0 saturated carbocycles. The van der Waals surface area contributed by atoms with E-state index in [1.807, 2.05) is 56.6 Å². The van der Waals surface area contributed by atoms with Gasteiger partial charge in [0, 0.05) is 62.0 Å². The molecule has 1 saturated heterocycles. The number of hydrogen-bond acceptors (Lipinski definition) is 5. The number of benzene rings is 2. The van der Waals surface area contributed by atoms with E-state index >= 15 is 0 Å². The van der Waals surface area contributed by atoms with E-state index in [9.17, 15) is 4.79 Å². The minimum Gasteiger partial charge on any atom is -0.378 e. The molecule has 0 radical (unpaired) electrons. The smallest absolute Gasteiger partial charge is 0.250 e. The highest BCUT2D eigenvalue weighted by Crippen LogP contribution is 2.42. The van der Waals surface area contributed by atoms with Gasteiger partial charge in [-0.3, -0.25) is 9.78 Å². The summed E-state index contributed by atoms with van der Waals surface area (Å²) in [5.74, 6) is -0.204. The molecule has 5 rings (SSSR count). The number of thiocarbonyl (C=S) groups is 1. The lowest BCUT2D eigenvalue weighted by Gasteiger charge is -2.29. The number of ether oxygens (including phenoxy) is 1. The molecule has 0 unspecified atom stereocenters. The molecule has 1 amide bonds. The summed E-state index contributed by atoms with van der Waals surface area (Å²) >= 11 is 5.88. The van der Waals surface area contributed by atoms with E-state index < -0.39 is 0 Å². The maximum absolute atomic E-state index is 12.0. The highest BCUT2D eigenvalue weighted by molar-refractivity contribution is 7.80. The Morgan fingerprint density at radius 2 is 1.76 bits per heavy atom. The third kappa shape index (κ3) is 5.11. The Morgan fingerprint density at radius 1 is 1.03 bits per heavy atom. The van der Waals surface area contributed by atoms with E-state index in [2.05, 4.69) is 72.6 Å². The molecule has 8 nitrogen and oxygen atoms in total. The number of nitrogens with one attached hydrogen (secondary N) is 2. The van der Waals surface area contributed by atoms with Gasteiger partial charge in [-0.1, -0.05) is 6.07 Å². The number of carbonyl (C=O) groups is 1. The Bertz CT molecular complexity index is 1400. The van der Waals surface area contributed by atoms with Gasteiger partial charge in [-0.05, 0) is 85.0 Å². The first-order chi connectivity index (χ1) is 18.5. The highest BCUT2D eigenvalue weighted by Gasteiger charge is 2.42. The molecule has 0 bridgehead atoms. The van der Waals surface area contributed by atoms with Crippen molar-refractivity contribution in [2.24, 2.45) is 0 Å². The summed E-state index contributed by atoms with van der Waals surface area (Å²) in [7, 11) is 5.56. The van der Waals surface area contributed by atoms with Crippen LogP contribution in [0, 0.1) is 0 Å². The monoisotopic (exact) mass is 526 g/mol. The molecule has 4 aromatic rings. The zero-order valence-corrected chi connectivity index (χ0v) is 22.4. The van der Waals surface area contributed by atoms with Crippen LogP contribution in [0.3, 0.4) is 0 Å². The predicted molar refractivity (Wildman–Crippen MR) is 155 cm³/mol. The Labute approximate surface area is 227 Å².